The second-order valence-electron chi connectivity index (χ2n) is 14.1. The fourth-order valence-corrected chi connectivity index (χ4v) is 11.0. The van der Waals surface area contributed by atoms with Crippen LogP contribution in [0.1, 0.15) is 112 Å². The summed E-state index contributed by atoms with van der Waals surface area (Å²) in [5.74, 6) is 2.66. The SMILES string of the molecule is COC(=O)C12CCCC(C)C1C1=CCC3C4(C)CCCC(C)(C)C4CCC3(C)C1(C)CC2. The highest BCUT2D eigenvalue weighted by atomic mass is 16.5. The van der Waals surface area contributed by atoms with Crippen LogP contribution in [-0.4, -0.2) is 13.1 Å². The summed E-state index contributed by atoms with van der Waals surface area (Å²) in [6.45, 7) is 15.5. The van der Waals surface area contributed by atoms with Gasteiger partial charge in [-0.3, -0.25) is 4.79 Å². The molecule has 5 aliphatic rings. The number of esters is 1. The monoisotopic (exact) mass is 440 g/mol. The molecule has 0 heterocycles. The van der Waals surface area contributed by atoms with Crippen molar-refractivity contribution < 1.29 is 9.53 Å². The zero-order valence-corrected chi connectivity index (χ0v) is 22.0. The number of carbonyl (C=O) groups excluding carboxylic acids is 1. The average molecular weight is 441 g/mol. The van der Waals surface area contributed by atoms with E-state index in [1.807, 2.05) is 0 Å². The third-order valence-corrected chi connectivity index (χ3v) is 12.7. The van der Waals surface area contributed by atoms with E-state index >= 15 is 0 Å². The molecule has 0 bridgehead atoms. The van der Waals surface area contributed by atoms with Crippen molar-refractivity contribution in [3.63, 3.8) is 0 Å². The molecule has 0 aromatic carbocycles. The Hall–Kier alpha value is -0.790. The van der Waals surface area contributed by atoms with E-state index in [1.54, 1.807) is 12.7 Å². The van der Waals surface area contributed by atoms with Gasteiger partial charge in [0.25, 0.3) is 0 Å². The molecule has 0 radical (unpaired) electrons. The molecule has 0 N–H and O–H groups in total. The minimum atomic E-state index is -0.269. The van der Waals surface area contributed by atoms with Gasteiger partial charge in [-0.15, -0.1) is 0 Å². The summed E-state index contributed by atoms with van der Waals surface area (Å²) in [4.78, 5) is 13.3. The maximum atomic E-state index is 13.3. The van der Waals surface area contributed by atoms with E-state index in [0.717, 1.165) is 31.1 Å². The first-order valence-corrected chi connectivity index (χ1v) is 13.8. The second-order valence-corrected chi connectivity index (χ2v) is 14.1. The predicted molar refractivity (Wildman–Crippen MR) is 131 cm³/mol. The quantitative estimate of drug-likeness (QED) is 0.305. The summed E-state index contributed by atoms with van der Waals surface area (Å²) >= 11 is 0. The van der Waals surface area contributed by atoms with Crippen LogP contribution >= 0.6 is 0 Å². The largest absolute Gasteiger partial charge is 0.469 e. The van der Waals surface area contributed by atoms with Gasteiger partial charge in [-0.05, 0) is 96.7 Å². The molecule has 2 nitrogen and oxygen atoms in total. The van der Waals surface area contributed by atoms with Crippen LogP contribution in [0, 0.1) is 50.7 Å². The van der Waals surface area contributed by atoms with Gasteiger partial charge in [0.05, 0.1) is 12.5 Å². The molecule has 180 valence electrons. The standard InChI is InChI=1S/C30H48O2/c1-20-10-8-16-30(25(31)32-7)19-18-28(5)21(24(20)30)11-12-23-27(4)15-9-14-26(2,3)22(27)13-17-29(23,28)6/h11,20,22-24H,8-10,12-19H2,1-7H3. The molecule has 0 spiro atoms. The number of hydrogen-bond acceptors (Lipinski definition) is 2. The third kappa shape index (κ3) is 2.68. The van der Waals surface area contributed by atoms with Crippen LogP contribution in [0.3, 0.4) is 0 Å². The van der Waals surface area contributed by atoms with Crippen molar-refractivity contribution in [2.45, 2.75) is 112 Å². The van der Waals surface area contributed by atoms with Gasteiger partial charge < -0.3 is 4.74 Å². The predicted octanol–water partition coefficient (Wildman–Crippen LogP) is 7.96. The van der Waals surface area contributed by atoms with Gasteiger partial charge in [0.15, 0.2) is 0 Å². The molecule has 0 saturated heterocycles. The van der Waals surface area contributed by atoms with Gasteiger partial charge >= 0.3 is 5.97 Å². The van der Waals surface area contributed by atoms with Crippen LogP contribution in [0.2, 0.25) is 0 Å². The number of methoxy groups -OCH3 is 1. The summed E-state index contributed by atoms with van der Waals surface area (Å²) in [5.41, 5.74) is 2.89. The van der Waals surface area contributed by atoms with Crippen molar-refractivity contribution in [3.8, 4) is 0 Å². The smallest absolute Gasteiger partial charge is 0.312 e. The highest BCUT2D eigenvalue weighted by Gasteiger charge is 2.68. The summed E-state index contributed by atoms with van der Waals surface area (Å²) in [6.07, 6.45) is 16.5. The Bertz CT molecular complexity index is 825. The molecule has 4 fully saturated rings. The summed E-state index contributed by atoms with van der Waals surface area (Å²) < 4.78 is 5.49. The molecule has 0 amide bonds. The number of allylic oxidation sites excluding steroid dienone is 2. The van der Waals surface area contributed by atoms with Crippen molar-refractivity contribution in [2.75, 3.05) is 7.11 Å². The van der Waals surface area contributed by atoms with Crippen molar-refractivity contribution in [3.05, 3.63) is 11.6 Å². The Balaban J connectivity index is 1.61. The topological polar surface area (TPSA) is 26.3 Å². The lowest BCUT2D eigenvalue weighted by atomic mass is 9.33. The average Bonchev–Trinajstić information content (AvgIpc) is 2.73. The van der Waals surface area contributed by atoms with E-state index in [4.69, 9.17) is 4.74 Å². The molecule has 0 aromatic heterocycles. The molecule has 5 aliphatic carbocycles. The highest BCUT2D eigenvalue weighted by Crippen LogP contribution is 2.75. The third-order valence-electron chi connectivity index (χ3n) is 12.7. The van der Waals surface area contributed by atoms with E-state index < -0.39 is 0 Å². The van der Waals surface area contributed by atoms with Gasteiger partial charge in [0, 0.05) is 0 Å². The normalized spacial score (nSPS) is 51.9. The van der Waals surface area contributed by atoms with Crippen LogP contribution in [0.4, 0.5) is 0 Å². The molecule has 8 unspecified atom stereocenters. The fraction of sp³-hybridized carbons (Fsp3) is 0.900. The first-order valence-electron chi connectivity index (χ1n) is 13.8. The van der Waals surface area contributed by atoms with Crippen molar-refractivity contribution >= 4 is 5.97 Å². The first-order chi connectivity index (χ1) is 15.0. The van der Waals surface area contributed by atoms with E-state index in [0.29, 0.717) is 28.1 Å². The van der Waals surface area contributed by atoms with Gasteiger partial charge in [-0.2, -0.15) is 0 Å². The lowest BCUT2D eigenvalue weighted by Crippen LogP contribution is -2.64. The summed E-state index contributed by atoms with van der Waals surface area (Å²) in [5, 5.41) is 0. The Morgan fingerprint density at radius 3 is 2.38 bits per heavy atom. The molecule has 8 atom stereocenters. The van der Waals surface area contributed by atoms with Crippen molar-refractivity contribution in [1.29, 1.82) is 0 Å². The summed E-state index contributed by atoms with van der Waals surface area (Å²) in [7, 11) is 1.61. The molecule has 0 aliphatic heterocycles. The van der Waals surface area contributed by atoms with E-state index in [1.165, 1.54) is 51.4 Å². The van der Waals surface area contributed by atoms with E-state index in [2.05, 4.69) is 47.6 Å². The Morgan fingerprint density at radius 2 is 1.66 bits per heavy atom. The van der Waals surface area contributed by atoms with Crippen LogP contribution in [0.15, 0.2) is 11.6 Å². The zero-order chi connectivity index (χ0) is 23.2. The molecular weight excluding hydrogens is 392 g/mol. The number of fused-ring (bicyclic) bond motifs is 7. The van der Waals surface area contributed by atoms with Gasteiger partial charge in [-0.25, -0.2) is 0 Å². The van der Waals surface area contributed by atoms with Crippen LogP contribution in [0.25, 0.3) is 0 Å². The molecule has 0 aromatic rings. The van der Waals surface area contributed by atoms with Crippen LogP contribution < -0.4 is 0 Å². The molecule has 4 saturated carbocycles. The zero-order valence-electron chi connectivity index (χ0n) is 22.0. The number of ether oxygens (including phenoxy) is 1. The van der Waals surface area contributed by atoms with Gasteiger partial charge in [0.2, 0.25) is 0 Å². The van der Waals surface area contributed by atoms with E-state index in [-0.39, 0.29) is 16.8 Å². The molecule has 32 heavy (non-hydrogen) atoms. The Morgan fingerprint density at radius 1 is 0.906 bits per heavy atom. The van der Waals surface area contributed by atoms with Gasteiger partial charge in [-0.1, -0.05) is 72.5 Å². The molecular formula is C30H48O2. The highest BCUT2D eigenvalue weighted by molar-refractivity contribution is 5.78. The maximum Gasteiger partial charge on any atom is 0.312 e. The second kappa shape index (κ2) is 7.11. The van der Waals surface area contributed by atoms with Crippen LogP contribution in [-0.2, 0) is 9.53 Å². The van der Waals surface area contributed by atoms with Crippen molar-refractivity contribution in [1.82, 2.24) is 0 Å². The van der Waals surface area contributed by atoms with Crippen molar-refractivity contribution in [2.24, 2.45) is 50.7 Å². The minimum absolute atomic E-state index is 0.0778. The number of carbonyl (C=O) groups is 1. The molecule has 5 rings (SSSR count). The lowest BCUT2D eigenvalue weighted by molar-refractivity contribution is -0.189. The Labute approximate surface area is 197 Å². The van der Waals surface area contributed by atoms with E-state index in [9.17, 15) is 4.79 Å². The van der Waals surface area contributed by atoms with Gasteiger partial charge in [0.1, 0.15) is 0 Å². The number of hydrogen-bond donors (Lipinski definition) is 0. The number of rotatable bonds is 1. The Kier molecular flexibility index (Phi) is 5.10. The fourth-order valence-electron chi connectivity index (χ4n) is 11.0. The first kappa shape index (κ1) is 23.0. The lowest BCUT2D eigenvalue weighted by Gasteiger charge is -2.70. The maximum absolute atomic E-state index is 13.3. The minimum Gasteiger partial charge on any atom is -0.469 e. The summed E-state index contributed by atoms with van der Waals surface area (Å²) in [6, 6.07) is 0. The molecule has 2 heteroatoms. The van der Waals surface area contributed by atoms with Crippen LogP contribution in [0.5, 0.6) is 0 Å².